The first-order chi connectivity index (χ1) is 6.81. The van der Waals surface area contributed by atoms with Gasteiger partial charge in [0.05, 0.1) is 0 Å². The van der Waals surface area contributed by atoms with Crippen LogP contribution in [0.1, 0.15) is 21.4 Å². The molecule has 0 aromatic carbocycles. The molecular formula is C10H11NOS2. The van der Waals surface area contributed by atoms with Crippen molar-refractivity contribution < 1.29 is 5.11 Å². The molecule has 0 spiro atoms. The van der Waals surface area contributed by atoms with E-state index in [9.17, 15) is 5.11 Å². The van der Waals surface area contributed by atoms with Crippen LogP contribution >= 0.6 is 22.7 Å². The average Bonchev–Trinajstić information content (AvgIpc) is 2.88. The number of thiophene rings is 2. The maximum absolute atomic E-state index is 9.97. The summed E-state index contributed by atoms with van der Waals surface area (Å²) in [5, 5.41) is 13.9. The Morgan fingerprint density at radius 1 is 1.36 bits per heavy atom. The van der Waals surface area contributed by atoms with Crippen molar-refractivity contribution >= 4 is 22.7 Å². The summed E-state index contributed by atoms with van der Waals surface area (Å²) in [6, 6.07) is 5.85. The lowest BCUT2D eigenvalue weighted by Gasteiger charge is -2.04. The molecule has 0 aliphatic rings. The second kappa shape index (κ2) is 4.23. The van der Waals surface area contributed by atoms with Gasteiger partial charge in [0, 0.05) is 16.3 Å². The molecule has 2 nitrogen and oxygen atoms in total. The summed E-state index contributed by atoms with van der Waals surface area (Å²) in [6.07, 6.45) is -0.494. The molecule has 3 N–H and O–H groups in total. The maximum Gasteiger partial charge on any atom is 0.114 e. The van der Waals surface area contributed by atoms with Gasteiger partial charge < -0.3 is 10.8 Å². The zero-order chi connectivity index (χ0) is 9.97. The highest BCUT2D eigenvalue weighted by atomic mass is 32.1. The smallest absolute Gasteiger partial charge is 0.114 e. The van der Waals surface area contributed by atoms with Gasteiger partial charge in [-0.25, -0.2) is 0 Å². The predicted molar refractivity (Wildman–Crippen MR) is 60.6 cm³/mol. The van der Waals surface area contributed by atoms with Gasteiger partial charge in [0.25, 0.3) is 0 Å². The lowest BCUT2D eigenvalue weighted by atomic mass is 10.2. The van der Waals surface area contributed by atoms with Gasteiger partial charge in [-0.05, 0) is 34.5 Å². The normalized spacial score (nSPS) is 13.0. The van der Waals surface area contributed by atoms with Gasteiger partial charge in [-0.2, -0.15) is 11.3 Å². The number of nitrogens with two attached hydrogens (primary N) is 1. The fourth-order valence-electron chi connectivity index (χ4n) is 1.25. The van der Waals surface area contributed by atoms with Crippen LogP contribution in [0.4, 0.5) is 0 Å². The minimum atomic E-state index is -0.494. The van der Waals surface area contributed by atoms with Gasteiger partial charge in [-0.15, -0.1) is 11.3 Å². The third kappa shape index (κ3) is 1.88. The van der Waals surface area contributed by atoms with Gasteiger partial charge in [0.1, 0.15) is 6.10 Å². The first kappa shape index (κ1) is 9.86. The molecule has 1 atom stereocenters. The fourth-order valence-corrected chi connectivity index (χ4v) is 2.83. The number of aliphatic hydroxyl groups is 1. The second-order valence-electron chi connectivity index (χ2n) is 2.97. The summed E-state index contributed by atoms with van der Waals surface area (Å²) in [5.74, 6) is 0. The van der Waals surface area contributed by atoms with Crippen LogP contribution < -0.4 is 5.73 Å². The Labute approximate surface area is 90.6 Å². The van der Waals surface area contributed by atoms with Crippen molar-refractivity contribution in [1.82, 2.24) is 0 Å². The highest BCUT2D eigenvalue weighted by Gasteiger charge is 2.12. The van der Waals surface area contributed by atoms with Crippen LogP contribution in [0.15, 0.2) is 29.0 Å². The van der Waals surface area contributed by atoms with Gasteiger partial charge in [0.15, 0.2) is 0 Å². The highest BCUT2D eigenvalue weighted by Crippen LogP contribution is 2.29. The summed E-state index contributed by atoms with van der Waals surface area (Å²) in [7, 11) is 0. The van der Waals surface area contributed by atoms with Gasteiger partial charge >= 0.3 is 0 Å². The van der Waals surface area contributed by atoms with Crippen molar-refractivity contribution in [3.8, 4) is 0 Å². The minimum absolute atomic E-state index is 0.494. The summed E-state index contributed by atoms with van der Waals surface area (Å²) in [6.45, 7) is 0.543. The van der Waals surface area contributed by atoms with Crippen molar-refractivity contribution in [3.63, 3.8) is 0 Å². The second-order valence-corrected chi connectivity index (χ2v) is 4.95. The molecule has 2 aromatic heterocycles. The summed E-state index contributed by atoms with van der Waals surface area (Å²) < 4.78 is 0. The molecule has 2 aromatic rings. The molecule has 0 amide bonds. The number of aliphatic hydroxyl groups excluding tert-OH is 1. The third-order valence-electron chi connectivity index (χ3n) is 2.01. The van der Waals surface area contributed by atoms with E-state index in [2.05, 4.69) is 0 Å². The van der Waals surface area contributed by atoms with Crippen LogP contribution in [0.2, 0.25) is 0 Å². The monoisotopic (exact) mass is 225 g/mol. The van der Waals surface area contributed by atoms with Crippen LogP contribution in [-0.2, 0) is 6.54 Å². The molecule has 0 aliphatic carbocycles. The van der Waals surface area contributed by atoms with Crippen LogP contribution in [0.5, 0.6) is 0 Å². The van der Waals surface area contributed by atoms with Crippen molar-refractivity contribution in [2.75, 3.05) is 0 Å². The molecule has 0 radical (unpaired) electrons. The molecule has 2 heterocycles. The minimum Gasteiger partial charge on any atom is -0.383 e. The maximum atomic E-state index is 9.97. The van der Waals surface area contributed by atoms with Crippen LogP contribution in [-0.4, -0.2) is 5.11 Å². The Bertz CT molecular complexity index is 394. The quantitative estimate of drug-likeness (QED) is 0.842. The molecule has 0 fully saturated rings. The Morgan fingerprint density at radius 2 is 2.21 bits per heavy atom. The Balaban J connectivity index is 2.23. The largest absolute Gasteiger partial charge is 0.383 e. The lowest BCUT2D eigenvalue weighted by Crippen LogP contribution is -1.94. The van der Waals surface area contributed by atoms with Crippen molar-refractivity contribution in [1.29, 1.82) is 0 Å². The number of hydrogen-bond donors (Lipinski definition) is 2. The average molecular weight is 225 g/mol. The Kier molecular flexibility index (Phi) is 2.98. The zero-order valence-electron chi connectivity index (χ0n) is 7.51. The molecule has 0 saturated carbocycles. The SMILES string of the molecule is NCc1ccc(C(O)c2ccsc2)s1. The highest BCUT2D eigenvalue weighted by molar-refractivity contribution is 7.12. The van der Waals surface area contributed by atoms with Crippen molar-refractivity contribution in [2.45, 2.75) is 12.6 Å². The van der Waals surface area contributed by atoms with Crippen molar-refractivity contribution in [3.05, 3.63) is 44.3 Å². The molecule has 14 heavy (non-hydrogen) atoms. The Morgan fingerprint density at radius 3 is 2.79 bits per heavy atom. The summed E-state index contributed by atoms with van der Waals surface area (Å²) in [4.78, 5) is 2.07. The van der Waals surface area contributed by atoms with E-state index in [1.807, 2.05) is 29.0 Å². The first-order valence-electron chi connectivity index (χ1n) is 4.30. The number of hydrogen-bond acceptors (Lipinski definition) is 4. The van der Waals surface area contributed by atoms with Crippen molar-refractivity contribution in [2.24, 2.45) is 5.73 Å². The van der Waals surface area contributed by atoms with Gasteiger partial charge in [-0.3, -0.25) is 0 Å². The van der Waals surface area contributed by atoms with Gasteiger partial charge in [0.2, 0.25) is 0 Å². The van der Waals surface area contributed by atoms with Crippen LogP contribution in [0.25, 0.3) is 0 Å². The van der Waals surface area contributed by atoms with Crippen LogP contribution in [0.3, 0.4) is 0 Å². The van der Waals surface area contributed by atoms with E-state index in [4.69, 9.17) is 5.73 Å². The standard InChI is InChI=1S/C10H11NOS2/c11-5-8-1-2-9(14-8)10(12)7-3-4-13-6-7/h1-4,6,10,12H,5,11H2. The predicted octanol–water partition coefficient (Wildman–Crippen LogP) is 2.35. The Hall–Kier alpha value is -0.680. The zero-order valence-corrected chi connectivity index (χ0v) is 9.15. The topological polar surface area (TPSA) is 46.2 Å². The molecule has 2 rings (SSSR count). The molecule has 0 saturated heterocycles. The van der Waals surface area contributed by atoms with Gasteiger partial charge in [-0.1, -0.05) is 0 Å². The van der Waals surface area contributed by atoms with E-state index in [1.54, 1.807) is 22.7 Å². The molecule has 74 valence electrons. The molecule has 1 unspecified atom stereocenters. The fraction of sp³-hybridized carbons (Fsp3) is 0.200. The lowest BCUT2D eigenvalue weighted by molar-refractivity contribution is 0.224. The first-order valence-corrected chi connectivity index (χ1v) is 6.06. The summed E-state index contributed by atoms with van der Waals surface area (Å²) in [5.41, 5.74) is 6.47. The third-order valence-corrected chi connectivity index (χ3v) is 3.87. The molecule has 0 aliphatic heterocycles. The van der Waals surface area contributed by atoms with Crippen LogP contribution in [0, 0.1) is 0 Å². The van der Waals surface area contributed by atoms with E-state index < -0.39 is 6.10 Å². The van der Waals surface area contributed by atoms with E-state index in [0.29, 0.717) is 6.54 Å². The van der Waals surface area contributed by atoms with E-state index in [1.165, 1.54) is 0 Å². The van der Waals surface area contributed by atoms with E-state index >= 15 is 0 Å². The number of rotatable bonds is 3. The van der Waals surface area contributed by atoms with E-state index in [-0.39, 0.29) is 0 Å². The molecule has 0 bridgehead atoms. The molecular weight excluding hydrogens is 214 g/mol. The molecule has 4 heteroatoms. The van der Waals surface area contributed by atoms with E-state index in [0.717, 1.165) is 15.3 Å². The summed E-state index contributed by atoms with van der Waals surface area (Å²) >= 11 is 3.16.